The van der Waals surface area contributed by atoms with Crippen molar-refractivity contribution in [1.29, 1.82) is 5.26 Å². The van der Waals surface area contributed by atoms with Crippen LogP contribution in [0.15, 0.2) is 36.4 Å². The summed E-state index contributed by atoms with van der Waals surface area (Å²) in [6, 6.07) is 12.6. The molecule has 4 nitrogen and oxygen atoms in total. The van der Waals surface area contributed by atoms with Crippen molar-refractivity contribution in [3.63, 3.8) is 0 Å². The molecule has 0 bridgehead atoms. The smallest absolute Gasteiger partial charge is 0.132 e. The molecule has 2 rings (SSSR count). The van der Waals surface area contributed by atoms with Gasteiger partial charge in [0.05, 0.1) is 18.7 Å². The predicted molar refractivity (Wildman–Crippen MR) is 73.4 cm³/mol. The van der Waals surface area contributed by atoms with Crippen molar-refractivity contribution in [1.82, 2.24) is 0 Å². The fourth-order valence-electron chi connectivity index (χ4n) is 1.78. The number of benzene rings is 2. The molecule has 2 N–H and O–H groups in total. The van der Waals surface area contributed by atoms with Gasteiger partial charge in [0.15, 0.2) is 0 Å². The lowest BCUT2D eigenvalue weighted by Gasteiger charge is -2.09. The van der Waals surface area contributed by atoms with E-state index < -0.39 is 0 Å². The van der Waals surface area contributed by atoms with E-state index in [1.54, 1.807) is 31.4 Å². The Hall–Kier alpha value is -2.67. The van der Waals surface area contributed by atoms with E-state index in [9.17, 15) is 0 Å². The Morgan fingerprint density at radius 1 is 1.00 bits per heavy atom. The van der Waals surface area contributed by atoms with Gasteiger partial charge in [0.2, 0.25) is 0 Å². The quantitative estimate of drug-likeness (QED) is 0.854. The van der Waals surface area contributed by atoms with E-state index >= 15 is 0 Å². The van der Waals surface area contributed by atoms with E-state index in [2.05, 4.69) is 6.07 Å². The van der Waals surface area contributed by atoms with Gasteiger partial charge >= 0.3 is 0 Å². The highest BCUT2D eigenvalue weighted by atomic mass is 16.5. The number of hydrogen-bond donors (Lipinski definition) is 1. The molecule has 0 saturated heterocycles. The molecule has 0 aromatic heterocycles. The highest BCUT2D eigenvalue weighted by Gasteiger charge is 2.04. The minimum Gasteiger partial charge on any atom is -0.497 e. The Labute approximate surface area is 112 Å². The van der Waals surface area contributed by atoms with Gasteiger partial charge in [-0.05, 0) is 36.8 Å². The van der Waals surface area contributed by atoms with Crippen LogP contribution in [-0.2, 0) is 0 Å². The molecule has 0 aliphatic carbocycles. The molecule has 0 aliphatic rings. The number of anilines is 1. The Kier molecular flexibility index (Phi) is 3.58. The highest BCUT2D eigenvalue weighted by Crippen LogP contribution is 2.28. The highest BCUT2D eigenvalue weighted by molar-refractivity contribution is 5.50. The van der Waals surface area contributed by atoms with E-state index in [0.717, 1.165) is 5.56 Å². The van der Waals surface area contributed by atoms with Gasteiger partial charge in [-0.3, -0.25) is 0 Å². The van der Waals surface area contributed by atoms with Crippen molar-refractivity contribution >= 4 is 5.69 Å². The number of ether oxygens (including phenoxy) is 2. The lowest BCUT2D eigenvalue weighted by molar-refractivity contribution is 0.409. The van der Waals surface area contributed by atoms with Crippen LogP contribution in [0.25, 0.3) is 0 Å². The van der Waals surface area contributed by atoms with Gasteiger partial charge in [-0.25, -0.2) is 0 Å². The lowest BCUT2D eigenvalue weighted by Crippen LogP contribution is -1.91. The van der Waals surface area contributed by atoms with Crippen molar-refractivity contribution in [2.75, 3.05) is 12.8 Å². The number of nitrogens with two attached hydrogens (primary N) is 1. The van der Waals surface area contributed by atoms with E-state index in [0.29, 0.717) is 28.5 Å². The third-order valence-corrected chi connectivity index (χ3v) is 2.55. The van der Waals surface area contributed by atoms with E-state index in [-0.39, 0.29) is 0 Å². The molecule has 0 heterocycles. The minimum absolute atomic E-state index is 0.481. The Bertz CT molecular complexity index is 625. The summed E-state index contributed by atoms with van der Waals surface area (Å²) < 4.78 is 10.8. The zero-order chi connectivity index (χ0) is 13.8. The topological polar surface area (TPSA) is 68.3 Å². The van der Waals surface area contributed by atoms with Crippen LogP contribution in [0.2, 0.25) is 0 Å². The van der Waals surface area contributed by atoms with Crippen LogP contribution in [0.3, 0.4) is 0 Å². The molecule has 96 valence electrons. The molecule has 0 saturated carbocycles. The summed E-state index contributed by atoms with van der Waals surface area (Å²) in [5, 5.41) is 8.96. The average Bonchev–Trinajstić information content (AvgIpc) is 2.37. The first kappa shape index (κ1) is 12.8. The van der Waals surface area contributed by atoms with Crippen molar-refractivity contribution in [2.24, 2.45) is 0 Å². The van der Waals surface area contributed by atoms with Gasteiger partial charge < -0.3 is 15.2 Å². The molecule has 0 radical (unpaired) electrons. The predicted octanol–water partition coefficient (Wildman–Crippen LogP) is 3.25. The van der Waals surface area contributed by atoms with Crippen LogP contribution in [-0.4, -0.2) is 7.11 Å². The zero-order valence-corrected chi connectivity index (χ0v) is 10.8. The maximum absolute atomic E-state index is 8.96. The average molecular weight is 254 g/mol. The van der Waals surface area contributed by atoms with Crippen molar-refractivity contribution in [3.8, 4) is 23.3 Å². The Morgan fingerprint density at radius 2 is 1.68 bits per heavy atom. The molecule has 4 heteroatoms. The molecule has 0 amide bonds. The second kappa shape index (κ2) is 5.32. The standard InChI is InChI=1S/C15H14N2O2/c1-10-3-12(17)7-14(4-10)19-15-6-11(9-16)5-13(8-15)18-2/h3-8H,17H2,1-2H3. The SMILES string of the molecule is COc1cc(C#N)cc(Oc2cc(C)cc(N)c2)c1. The second-order valence-corrected chi connectivity index (χ2v) is 4.19. The Morgan fingerprint density at radius 3 is 2.32 bits per heavy atom. The van der Waals surface area contributed by atoms with Crippen LogP contribution < -0.4 is 15.2 Å². The van der Waals surface area contributed by atoms with Gasteiger partial charge in [0.25, 0.3) is 0 Å². The van der Waals surface area contributed by atoms with E-state index in [1.165, 1.54) is 0 Å². The first-order chi connectivity index (χ1) is 9.10. The number of nitriles is 1. The van der Waals surface area contributed by atoms with Gasteiger partial charge in [0.1, 0.15) is 17.2 Å². The second-order valence-electron chi connectivity index (χ2n) is 4.19. The molecule has 0 unspecified atom stereocenters. The number of rotatable bonds is 3. The summed E-state index contributed by atoms with van der Waals surface area (Å²) in [7, 11) is 1.55. The summed E-state index contributed by atoms with van der Waals surface area (Å²) in [4.78, 5) is 0. The van der Waals surface area contributed by atoms with E-state index in [4.69, 9.17) is 20.5 Å². The third-order valence-electron chi connectivity index (χ3n) is 2.55. The monoisotopic (exact) mass is 254 g/mol. The molecular weight excluding hydrogens is 240 g/mol. The van der Waals surface area contributed by atoms with Crippen LogP contribution in [0, 0.1) is 18.3 Å². The summed E-state index contributed by atoms with van der Waals surface area (Å²) in [6.07, 6.45) is 0. The molecule has 0 atom stereocenters. The van der Waals surface area contributed by atoms with Gasteiger partial charge in [-0.1, -0.05) is 0 Å². The summed E-state index contributed by atoms with van der Waals surface area (Å²) in [5.74, 6) is 1.75. The van der Waals surface area contributed by atoms with E-state index in [1.807, 2.05) is 19.1 Å². The first-order valence-corrected chi connectivity index (χ1v) is 5.75. The van der Waals surface area contributed by atoms with Gasteiger partial charge in [-0.15, -0.1) is 0 Å². The summed E-state index contributed by atoms with van der Waals surface area (Å²) in [5.41, 5.74) is 7.90. The van der Waals surface area contributed by atoms with Crippen molar-refractivity contribution < 1.29 is 9.47 Å². The number of aryl methyl sites for hydroxylation is 1. The number of methoxy groups -OCH3 is 1. The Balaban J connectivity index is 2.35. The largest absolute Gasteiger partial charge is 0.497 e. The first-order valence-electron chi connectivity index (χ1n) is 5.75. The maximum atomic E-state index is 8.96. The molecule has 0 aliphatic heterocycles. The molecule has 19 heavy (non-hydrogen) atoms. The van der Waals surface area contributed by atoms with Crippen molar-refractivity contribution in [3.05, 3.63) is 47.5 Å². The number of nitrogen functional groups attached to an aromatic ring is 1. The lowest BCUT2D eigenvalue weighted by atomic mass is 10.2. The maximum Gasteiger partial charge on any atom is 0.132 e. The third kappa shape index (κ3) is 3.17. The molecule has 2 aromatic carbocycles. The van der Waals surface area contributed by atoms with Gasteiger partial charge in [-0.2, -0.15) is 5.26 Å². The molecule has 0 fully saturated rings. The number of nitrogens with zero attached hydrogens (tertiary/aromatic N) is 1. The van der Waals surface area contributed by atoms with Gasteiger partial charge in [0, 0.05) is 17.8 Å². The molecular formula is C15H14N2O2. The molecule has 0 spiro atoms. The zero-order valence-electron chi connectivity index (χ0n) is 10.8. The summed E-state index contributed by atoms with van der Waals surface area (Å²) in [6.45, 7) is 1.94. The number of hydrogen-bond acceptors (Lipinski definition) is 4. The normalized spacial score (nSPS) is 9.74. The molecule has 2 aromatic rings. The van der Waals surface area contributed by atoms with Crippen molar-refractivity contribution in [2.45, 2.75) is 6.92 Å². The van der Waals surface area contributed by atoms with Crippen LogP contribution in [0.5, 0.6) is 17.2 Å². The van der Waals surface area contributed by atoms with Crippen LogP contribution in [0.1, 0.15) is 11.1 Å². The van der Waals surface area contributed by atoms with Crippen LogP contribution >= 0.6 is 0 Å². The summed E-state index contributed by atoms with van der Waals surface area (Å²) >= 11 is 0. The minimum atomic E-state index is 0.481. The van der Waals surface area contributed by atoms with Crippen LogP contribution in [0.4, 0.5) is 5.69 Å². The fourth-order valence-corrected chi connectivity index (χ4v) is 1.78. The fraction of sp³-hybridized carbons (Fsp3) is 0.133.